The Morgan fingerprint density at radius 1 is 0.972 bits per heavy atom. The van der Waals surface area contributed by atoms with E-state index in [0.717, 1.165) is 6.07 Å². The molecule has 0 unspecified atom stereocenters. The highest BCUT2D eigenvalue weighted by atomic mass is 19.4. The lowest BCUT2D eigenvalue weighted by molar-refractivity contribution is -0.137. The van der Waals surface area contributed by atoms with Crippen molar-refractivity contribution in [1.82, 2.24) is 19.9 Å². The predicted octanol–water partition coefficient (Wildman–Crippen LogP) is 6.33. The van der Waals surface area contributed by atoms with Gasteiger partial charge in [0.1, 0.15) is 23.9 Å². The van der Waals surface area contributed by atoms with Crippen molar-refractivity contribution in [3.63, 3.8) is 0 Å². The molecule has 0 saturated heterocycles. The first kappa shape index (κ1) is 25.2. The first-order valence-corrected chi connectivity index (χ1v) is 11.1. The van der Waals surface area contributed by atoms with Crippen molar-refractivity contribution in [2.24, 2.45) is 5.92 Å². The van der Waals surface area contributed by atoms with Gasteiger partial charge in [-0.2, -0.15) is 13.2 Å². The molecule has 7 nitrogen and oxygen atoms in total. The number of rotatable bonds is 9. The summed E-state index contributed by atoms with van der Waals surface area (Å²) in [7, 11) is 0. The van der Waals surface area contributed by atoms with Crippen LogP contribution in [0.3, 0.4) is 0 Å². The number of halogens is 4. The lowest BCUT2D eigenvalue weighted by Crippen LogP contribution is -2.10. The molecule has 0 saturated carbocycles. The summed E-state index contributed by atoms with van der Waals surface area (Å²) in [5.74, 6) is 1.35. The first-order chi connectivity index (χ1) is 17.2. The van der Waals surface area contributed by atoms with Gasteiger partial charge in [0.15, 0.2) is 11.5 Å². The fourth-order valence-electron chi connectivity index (χ4n) is 3.40. The first-order valence-electron chi connectivity index (χ1n) is 11.1. The SMILES string of the molecule is CC(C)COCc1nc(Nc2ccc(OCF)cc2)c2ccc(-c3ncccc3C(F)(F)F)nc2n1. The van der Waals surface area contributed by atoms with Gasteiger partial charge >= 0.3 is 6.18 Å². The highest BCUT2D eigenvalue weighted by molar-refractivity contribution is 5.90. The van der Waals surface area contributed by atoms with Crippen LogP contribution in [-0.4, -0.2) is 33.4 Å². The minimum absolute atomic E-state index is 0.0295. The molecule has 1 aromatic carbocycles. The van der Waals surface area contributed by atoms with E-state index in [1.54, 1.807) is 30.3 Å². The number of hydrogen-bond acceptors (Lipinski definition) is 7. The van der Waals surface area contributed by atoms with E-state index in [-0.39, 0.29) is 23.6 Å². The van der Waals surface area contributed by atoms with Crippen LogP contribution in [0.15, 0.2) is 54.7 Å². The molecular weight excluding hydrogens is 478 g/mol. The van der Waals surface area contributed by atoms with Crippen molar-refractivity contribution >= 4 is 22.5 Å². The van der Waals surface area contributed by atoms with Crippen LogP contribution in [-0.2, 0) is 17.5 Å². The lowest BCUT2D eigenvalue weighted by atomic mass is 10.1. The van der Waals surface area contributed by atoms with Crippen LogP contribution in [0.25, 0.3) is 22.4 Å². The second kappa shape index (κ2) is 10.8. The van der Waals surface area contributed by atoms with Gasteiger partial charge in [-0.05, 0) is 54.4 Å². The monoisotopic (exact) mass is 501 g/mol. The largest absolute Gasteiger partial charge is 0.463 e. The number of alkyl halides is 4. The number of nitrogens with zero attached hydrogens (tertiary/aromatic N) is 4. The molecule has 0 spiro atoms. The number of aromatic nitrogens is 4. The molecular formula is C25H23F4N5O2. The van der Waals surface area contributed by atoms with E-state index < -0.39 is 18.6 Å². The zero-order valence-corrected chi connectivity index (χ0v) is 19.5. The fraction of sp³-hybridized carbons (Fsp3) is 0.280. The summed E-state index contributed by atoms with van der Waals surface area (Å²) in [5, 5.41) is 3.65. The van der Waals surface area contributed by atoms with Gasteiger partial charge in [-0.25, -0.2) is 19.3 Å². The van der Waals surface area contributed by atoms with E-state index in [1.165, 1.54) is 18.3 Å². The molecule has 0 aliphatic heterocycles. The Morgan fingerprint density at radius 2 is 1.75 bits per heavy atom. The third-order valence-electron chi connectivity index (χ3n) is 4.98. The molecule has 11 heteroatoms. The normalized spacial score (nSPS) is 11.8. The topological polar surface area (TPSA) is 82.0 Å². The summed E-state index contributed by atoms with van der Waals surface area (Å²) >= 11 is 0. The smallest absolute Gasteiger partial charge is 0.418 e. The number of benzene rings is 1. The molecule has 0 amide bonds. The van der Waals surface area contributed by atoms with Gasteiger partial charge in [0.05, 0.1) is 16.6 Å². The number of fused-ring (bicyclic) bond motifs is 1. The summed E-state index contributed by atoms with van der Waals surface area (Å²) in [4.78, 5) is 17.3. The van der Waals surface area contributed by atoms with Crippen LogP contribution < -0.4 is 10.1 Å². The van der Waals surface area contributed by atoms with Crippen molar-refractivity contribution in [3.05, 3.63) is 66.1 Å². The summed E-state index contributed by atoms with van der Waals surface area (Å²) in [6.07, 6.45) is -3.31. The number of ether oxygens (including phenoxy) is 2. The van der Waals surface area contributed by atoms with Crippen LogP contribution >= 0.6 is 0 Å². The zero-order chi connectivity index (χ0) is 25.7. The molecule has 0 aliphatic carbocycles. The quantitative estimate of drug-likeness (QED) is 0.269. The number of nitrogens with one attached hydrogen (secondary N) is 1. The van der Waals surface area contributed by atoms with E-state index in [4.69, 9.17) is 9.47 Å². The minimum atomic E-state index is -4.59. The average molecular weight is 501 g/mol. The summed E-state index contributed by atoms with van der Waals surface area (Å²) in [6.45, 7) is 3.64. The number of hydrogen-bond donors (Lipinski definition) is 1. The fourth-order valence-corrected chi connectivity index (χ4v) is 3.40. The second-order valence-electron chi connectivity index (χ2n) is 8.27. The third-order valence-corrected chi connectivity index (χ3v) is 4.98. The van der Waals surface area contributed by atoms with E-state index in [0.29, 0.717) is 41.0 Å². The standard InChI is InChI=1S/C25H23F4N5O2/c1-15(2)12-35-13-21-33-23(31-16-5-7-17(8-6-16)36-14-26)18-9-10-20(32-24(18)34-21)22-19(25(27,28)29)4-3-11-30-22/h3-11,15H,12-14H2,1-2H3,(H,31,32,33,34). The average Bonchev–Trinajstić information content (AvgIpc) is 2.84. The number of pyridine rings is 2. The van der Waals surface area contributed by atoms with Crippen LogP contribution in [0.4, 0.5) is 29.1 Å². The Labute approximate surface area is 204 Å². The second-order valence-corrected chi connectivity index (χ2v) is 8.27. The lowest BCUT2D eigenvalue weighted by Gasteiger charge is -2.14. The van der Waals surface area contributed by atoms with Crippen molar-refractivity contribution in [1.29, 1.82) is 0 Å². The Hall–Kier alpha value is -3.86. The van der Waals surface area contributed by atoms with Gasteiger partial charge in [0.2, 0.25) is 6.86 Å². The maximum absolute atomic E-state index is 13.6. The van der Waals surface area contributed by atoms with Crippen molar-refractivity contribution in [2.45, 2.75) is 26.6 Å². The van der Waals surface area contributed by atoms with Gasteiger partial charge in [0, 0.05) is 18.5 Å². The molecule has 0 radical (unpaired) electrons. The van der Waals surface area contributed by atoms with Gasteiger partial charge < -0.3 is 14.8 Å². The molecule has 188 valence electrons. The van der Waals surface area contributed by atoms with E-state index in [1.807, 2.05) is 13.8 Å². The van der Waals surface area contributed by atoms with E-state index >= 15 is 0 Å². The Morgan fingerprint density at radius 3 is 2.44 bits per heavy atom. The Kier molecular flexibility index (Phi) is 7.58. The molecule has 3 aromatic heterocycles. The summed E-state index contributed by atoms with van der Waals surface area (Å²) in [6, 6.07) is 11.8. The molecule has 3 heterocycles. The Bertz CT molecular complexity index is 1330. The Balaban J connectivity index is 1.76. The van der Waals surface area contributed by atoms with Crippen LogP contribution in [0.2, 0.25) is 0 Å². The molecule has 0 bridgehead atoms. The van der Waals surface area contributed by atoms with E-state index in [9.17, 15) is 17.6 Å². The molecule has 36 heavy (non-hydrogen) atoms. The summed E-state index contributed by atoms with van der Waals surface area (Å²) in [5.41, 5.74) is -0.337. The van der Waals surface area contributed by atoms with Crippen LogP contribution in [0, 0.1) is 5.92 Å². The third kappa shape index (κ3) is 6.03. The highest BCUT2D eigenvalue weighted by Gasteiger charge is 2.34. The maximum Gasteiger partial charge on any atom is 0.418 e. The minimum Gasteiger partial charge on any atom is -0.463 e. The molecule has 0 fully saturated rings. The molecule has 0 atom stereocenters. The maximum atomic E-state index is 13.6. The predicted molar refractivity (Wildman–Crippen MR) is 126 cm³/mol. The van der Waals surface area contributed by atoms with Gasteiger partial charge in [-0.1, -0.05) is 13.8 Å². The number of anilines is 2. The van der Waals surface area contributed by atoms with Crippen molar-refractivity contribution in [3.8, 4) is 17.1 Å². The van der Waals surface area contributed by atoms with Crippen LogP contribution in [0.5, 0.6) is 5.75 Å². The van der Waals surface area contributed by atoms with Crippen molar-refractivity contribution in [2.75, 3.05) is 18.8 Å². The highest BCUT2D eigenvalue weighted by Crippen LogP contribution is 2.36. The summed E-state index contributed by atoms with van der Waals surface area (Å²) < 4.78 is 63.5. The van der Waals surface area contributed by atoms with Gasteiger partial charge in [0.25, 0.3) is 0 Å². The van der Waals surface area contributed by atoms with Crippen LogP contribution in [0.1, 0.15) is 25.2 Å². The van der Waals surface area contributed by atoms with Crippen molar-refractivity contribution < 1.29 is 27.0 Å². The van der Waals surface area contributed by atoms with Gasteiger partial charge in [-0.3, -0.25) is 4.98 Å². The van der Waals surface area contributed by atoms with Gasteiger partial charge in [-0.15, -0.1) is 0 Å². The van der Waals surface area contributed by atoms with E-state index in [2.05, 4.69) is 25.3 Å². The zero-order valence-electron chi connectivity index (χ0n) is 19.5. The molecule has 0 aliphatic rings. The molecule has 4 aromatic rings. The molecule has 1 N–H and O–H groups in total. The molecule has 4 rings (SSSR count).